The molecule has 0 radical (unpaired) electrons. The number of carbonyl (C=O) groups is 2. The zero-order valence-corrected chi connectivity index (χ0v) is 16.5. The summed E-state index contributed by atoms with van der Waals surface area (Å²) in [5.41, 5.74) is 0.274. The third kappa shape index (κ3) is 5.31. The maximum Gasteiger partial charge on any atom is 0.303 e. The molecular formula is C16H20N4O5S2. The van der Waals surface area contributed by atoms with Gasteiger partial charge in [-0.05, 0) is 24.3 Å². The smallest absolute Gasteiger partial charge is 0.303 e. The molecule has 0 bridgehead atoms. The van der Waals surface area contributed by atoms with Gasteiger partial charge in [-0.3, -0.25) is 14.9 Å². The summed E-state index contributed by atoms with van der Waals surface area (Å²) in [6.07, 6.45) is 0.172. The topological polar surface area (TPSA) is 130 Å². The second kappa shape index (κ2) is 9.02. The minimum atomic E-state index is -3.58. The number of nitrogens with zero attached hydrogens (tertiary/aromatic N) is 3. The van der Waals surface area contributed by atoms with Crippen LogP contribution in [0.3, 0.4) is 0 Å². The van der Waals surface area contributed by atoms with Gasteiger partial charge in [0.2, 0.25) is 15.2 Å². The Morgan fingerprint density at radius 3 is 2.33 bits per heavy atom. The lowest BCUT2D eigenvalue weighted by Crippen LogP contribution is -2.30. The van der Waals surface area contributed by atoms with Crippen molar-refractivity contribution in [3.05, 3.63) is 34.8 Å². The maximum atomic E-state index is 12.4. The molecule has 0 fully saturated rings. The van der Waals surface area contributed by atoms with E-state index in [0.717, 1.165) is 11.3 Å². The van der Waals surface area contributed by atoms with E-state index in [1.807, 2.05) is 0 Å². The Bertz CT molecular complexity index is 905. The number of sulfonamides is 1. The van der Waals surface area contributed by atoms with Crippen LogP contribution in [0.25, 0.3) is 0 Å². The number of nitrogens with one attached hydrogen (secondary N) is 1. The molecule has 2 aromatic rings. The standard InChI is InChI=1S/C16H20N4O5S2/c1-3-20(4-2)27(24,25)12-7-5-11(6-8-12)15(23)17-16-19-18-13(26-16)9-10-14(21)22/h5-8H,3-4,9-10H2,1-2H3,(H,21,22)(H,17,19,23). The first-order chi connectivity index (χ1) is 12.8. The normalized spacial score (nSPS) is 11.5. The van der Waals surface area contributed by atoms with Gasteiger partial charge in [0.1, 0.15) is 5.01 Å². The van der Waals surface area contributed by atoms with E-state index < -0.39 is 21.9 Å². The van der Waals surface area contributed by atoms with Gasteiger partial charge in [-0.2, -0.15) is 4.31 Å². The number of aromatic nitrogens is 2. The van der Waals surface area contributed by atoms with Crippen molar-refractivity contribution in [1.29, 1.82) is 0 Å². The van der Waals surface area contributed by atoms with Crippen molar-refractivity contribution in [3.8, 4) is 0 Å². The summed E-state index contributed by atoms with van der Waals surface area (Å²) in [6, 6.07) is 5.64. The first kappa shape index (κ1) is 20.9. The molecule has 1 aromatic carbocycles. The second-order valence-corrected chi connectivity index (χ2v) is 8.46. The summed E-state index contributed by atoms with van der Waals surface area (Å²) in [5.74, 6) is -1.39. The van der Waals surface area contributed by atoms with Crippen molar-refractivity contribution < 1.29 is 23.1 Å². The van der Waals surface area contributed by atoms with Gasteiger partial charge in [-0.1, -0.05) is 25.2 Å². The fraction of sp³-hybridized carbons (Fsp3) is 0.375. The molecular weight excluding hydrogens is 392 g/mol. The molecule has 0 saturated heterocycles. The molecule has 9 nitrogen and oxygen atoms in total. The minimum absolute atomic E-state index is 0.0644. The molecule has 1 aromatic heterocycles. The van der Waals surface area contributed by atoms with Crippen molar-refractivity contribution in [2.24, 2.45) is 0 Å². The minimum Gasteiger partial charge on any atom is -0.481 e. The van der Waals surface area contributed by atoms with E-state index in [9.17, 15) is 18.0 Å². The monoisotopic (exact) mass is 412 g/mol. The third-order valence-corrected chi connectivity index (χ3v) is 6.66. The van der Waals surface area contributed by atoms with Gasteiger partial charge in [0.05, 0.1) is 11.3 Å². The SMILES string of the molecule is CCN(CC)S(=O)(=O)c1ccc(C(=O)Nc2nnc(CCC(=O)O)s2)cc1. The van der Waals surface area contributed by atoms with E-state index in [1.165, 1.54) is 28.6 Å². The van der Waals surface area contributed by atoms with Gasteiger partial charge in [0.25, 0.3) is 5.91 Å². The molecule has 146 valence electrons. The third-order valence-electron chi connectivity index (χ3n) is 3.70. The van der Waals surface area contributed by atoms with E-state index >= 15 is 0 Å². The highest BCUT2D eigenvalue weighted by atomic mass is 32.2. The quantitative estimate of drug-likeness (QED) is 0.643. The van der Waals surface area contributed by atoms with Crippen LogP contribution in [0.5, 0.6) is 0 Å². The summed E-state index contributed by atoms with van der Waals surface area (Å²) in [5, 5.41) is 19.6. The number of hydrogen-bond acceptors (Lipinski definition) is 7. The lowest BCUT2D eigenvalue weighted by atomic mass is 10.2. The molecule has 0 aliphatic heterocycles. The Kier molecular flexibility index (Phi) is 6.99. The second-order valence-electron chi connectivity index (χ2n) is 5.46. The van der Waals surface area contributed by atoms with Crippen LogP contribution in [0.2, 0.25) is 0 Å². The first-order valence-electron chi connectivity index (χ1n) is 8.23. The van der Waals surface area contributed by atoms with Crippen LogP contribution in [0.4, 0.5) is 5.13 Å². The number of carboxylic acid groups (broad SMARTS) is 1. The van der Waals surface area contributed by atoms with Crippen molar-refractivity contribution in [3.63, 3.8) is 0 Å². The molecule has 0 aliphatic carbocycles. The fourth-order valence-electron chi connectivity index (χ4n) is 2.28. The number of benzene rings is 1. The lowest BCUT2D eigenvalue weighted by Gasteiger charge is -2.18. The molecule has 0 saturated carbocycles. The molecule has 0 unspecified atom stereocenters. The molecule has 11 heteroatoms. The lowest BCUT2D eigenvalue weighted by molar-refractivity contribution is -0.136. The molecule has 2 rings (SSSR count). The van der Waals surface area contributed by atoms with Crippen molar-refractivity contribution in [1.82, 2.24) is 14.5 Å². The van der Waals surface area contributed by atoms with Gasteiger partial charge in [0, 0.05) is 25.1 Å². The molecule has 0 aliphatic rings. The zero-order chi connectivity index (χ0) is 20.0. The molecule has 0 spiro atoms. The highest BCUT2D eigenvalue weighted by Crippen LogP contribution is 2.19. The predicted octanol–water partition coefficient (Wildman–Crippen LogP) is 1.84. The largest absolute Gasteiger partial charge is 0.481 e. The summed E-state index contributed by atoms with van der Waals surface area (Å²) in [4.78, 5) is 23.0. The number of aliphatic carboxylic acids is 1. The van der Waals surface area contributed by atoms with Crippen LogP contribution in [-0.2, 0) is 21.2 Å². The van der Waals surface area contributed by atoms with Crippen molar-refractivity contribution >= 4 is 38.4 Å². The summed E-state index contributed by atoms with van der Waals surface area (Å²) >= 11 is 1.10. The Balaban J connectivity index is 2.07. The number of hydrogen-bond donors (Lipinski definition) is 2. The molecule has 0 atom stereocenters. The number of rotatable bonds is 9. The molecule has 27 heavy (non-hydrogen) atoms. The molecule has 2 N–H and O–H groups in total. The highest BCUT2D eigenvalue weighted by Gasteiger charge is 2.21. The number of aryl methyl sites for hydroxylation is 1. The predicted molar refractivity (Wildman–Crippen MR) is 100 cm³/mol. The summed E-state index contributed by atoms with van der Waals surface area (Å²) < 4.78 is 26.2. The van der Waals surface area contributed by atoms with Gasteiger partial charge < -0.3 is 5.11 Å². The Morgan fingerprint density at radius 1 is 1.15 bits per heavy atom. The average molecular weight is 412 g/mol. The highest BCUT2D eigenvalue weighted by molar-refractivity contribution is 7.89. The number of carbonyl (C=O) groups excluding carboxylic acids is 1. The van der Waals surface area contributed by atoms with Crippen LogP contribution in [0.1, 0.15) is 35.6 Å². The number of anilines is 1. The van der Waals surface area contributed by atoms with E-state index in [0.29, 0.717) is 18.1 Å². The van der Waals surface area contributed by atoms with Crippen LogP contribution >= 0.6 is 11.3 Å². The van der Waals surface area contributed by atoms with Gasteiger partial charge >= 0.3 is 5.97 Å². The zero-order valence-electron chi connectivity index (χ0n) is 14.9. The van der Waals surface area contributed by atoms with Crippen LogP contribution in [0, 0.1) is 0 Å². The first-order valence-corrected chi connectivity index (χ1v) is 10.5. The fourth-order valence-corrected chi connectivity index (χ4v) is 4.47. The molecule has 1 amide bonds. The van der Waals surface area contributed by atoms with E-state index in [-0.39, 0.29) is 28.4 Å². The van der Waals surface area contributed by atoms with Crippen molar-refractivity contribution in [2.75, 3.05) is 18.4 Å². The Hall–Kier alpha value is -2.37. The van der Waals surface area contributed by atoms with Crippen LogP contribution < -0.4 is 5.32 Å². The number of carboxylic acids is 1. The van der Waals surface area contributed by atoms with E-state index in [2.05, 4.69) is 15.5 Å². The van der Waals surface area contributed by atoms with Crippen LogP contribution in [0.15, 0.2) is 29.2 Å². The maximum absolute atomic E-state index is 12.4. The van der Waals surface area contributed by atoms with Gasteiger partial charge in [0.15, 0.2) is 0 Å². The Labute approximate surface area is 161 Å². The number of amides is 1. The summed E-state index contributed by atoms with van der Waals surface area (Å²) in [6.45, 7) is 4.25. The Morgan fingerprint density at radius 2 is 1.78 bits per heavy atom. The van der Waals surface area contributed by atoms with E-state index in [4.69, 9.17) is 5.11 Å². The van der Waals surface area contributed by atoms with Crippen LogP contribution in [-0.4, -0.2) is 53.0 Å². The van der Waals surface area contributed by atoms with Crippen molar-refractivity contribution in [2.45, 2.75) is 31.6 Å². The molecule has 1 heterocycles. The van der Waals surface area contributed by atoms with Gasteiger partial charge in [-0.15, -0.1) is 10.2 Å². The van der Waals surface area contributed by atoms with E-state index in [1.54, 1.807) is 13.8 Å². The summed E-state index contributed by atoms with van der Waals surface area (Å²) in [7, 11) is -3.58. The average Bonchev–Trinajstić information content (AvgIpc) is 3.08. The van der Waals surface area contributed by atoms with Gasteiger partial charge in [-0.25, -0.2) is 8.42 Å².